The monoisotopic (exact) mass is 418 g/mol. The molecule has 168 valence electrons. The van der Waals surface area contributed by atoms with Crippen LogP contribution in [0.5, 0.6) is 0 Å². The van der Waals surface area contributed by atoms with Crippen molar-refractivity contribution in [1.82, 2.24) is 0 Å². The zero-order chi connectivity index (χ0) is 21.9. The van der Waals surface area contributed by atoms with Crippen molar-refractivity contribution in [3.63, 3.8) is 0 Å². The quantitative estimate of drug-likeness (QED) is 0.366. The summed E-state index contributed by atoms with van der Waals surface area (Å²) >= 11 is 0. The number of ketones is 1. The fourth-order valence-electron chi connectivity index (χ4n) is 4.25. The summed E-state index contributed by atoms with van der Waals surface area (Å²) in [6, 6.07) is 0. The van der Waals surface area contributed by atoms with Crippen LogP contribution in [0.4, 0.5) is 0 Å². The van der Waals surface area contributed by atoms with E-state index in [2.05, 4.69) is 12.2 Å². The molecule has 2 unspecified atom stereocenters. The van der Waals surface area contributed by atoms with Crippen LogP contribution in [0.1, 0.15) is 53.4 Å². The van der Waals surface area contributed by atoms with Gasteiger partial charge in [-0.15, -0.1) is 0 Å². The first kappa shape index (κ1) is 24.7. The maximum atomic E-state index is 12.7. The Morgan fingerprint density at radius 2 is 1.03 bits per heavy atom. The van der Waals surface area contributed by atoms with Gasteiger partial charge in [-0.3, -0.25) is 4.79 Å². The molecule has 30 heavy (non-hydrogen) atoms. The van der Waals surface area contributed by atoms with Gasteiger partial charge < -0.3 is 18.9 Å². The molecule has 0 amide bonds. The Morgan fingerprint density at radius 1 is 0.667 bits per heavy atom. The van der Waals surface area contributed by atoms with E-state index in [1.54, 1.807) is 0 Å². The van der Waals surface area contributed by atoms with Gasteiger partial charge in [0, 0.05) is 51.1 Å². The second-order valence-corrected chi connectivity index (χ2v) is 7.49. The Balaban J connectivity index is 1.93. The minimum atomic E-state index is -0.769. The van der Waals surface area contributed by atoms with Gasteiger partial charge in [-0.25, -0.2) is 0 Å². The van der Waals surface area contributed by atoms with Crippen LogP contribution in [0, 0.1) is 11.8 Å². The molecule has 0 bridgehead atoms. The van der Waals surface area contributed by atoms with Crippen molar-refractivity contribution in [2.45, 2.75) is 65.0 Å². The first-order valence-corrected chi connectivity index (χ1v) is 11.3. The second-order valence-electron chi connectivity index (χ2n) is 7.49. The summed E-state index contributed by atoms with van der Waals surface area (Å²) in [5, 5.41) is 0. The van der Waals surface area contributed by atoms with Crippen LogP contribution < -0.4 is 0 Å². The van der Waals surface area contributed by atoms with Gasteiger partial charge in [-0.1, -0.05) is 36.5 Å². The lowest BCUT2D eigenvalue weighted by molar-refractivity contribution is -0.223. The van der Waals surface area contributed by atoms with Crippen LogP contribution in [0.3, 0.4) is 0 Å². The van der Waals surface area contributed by atoms with Crippen molar-refractivity contribution < 1.29 is 23.7 Å². The molecule has 0 radical (unpaired) electrons. The minimum Gasteiger partial charge on any atom is -0.346 e. The van der Waals surface area contributed by atoms with Gasteiger partial charge in [0.15, 0.2) is 11.6 Å². The smallest absolute Gasteiger partial charge is 0.194 e. The minimum absolute atomic E-state index is 0.0230. The van der Waals surface area contributed by atoms with Crippen LogP contribution in [0.25, 0.3) is 0 Å². The summed E-state index contributed by atoms with van der Waals surface area (Å²) in [5.74, 6) is -1.25. The lowest BCUT2D eigenvalue weighted by Crippen LogP contribution is -2.43. The van der Waals surface area contributed by atoms with Gasteiger partial charge in [-0.2, -0.15) is 0 Å². The molecule has 0 N–H and O–H groups in total. The molecule has 0 aromatic heterocycles. The average Bonchev–Trinajstić information content (AvgIpc) is 2.73. The highest BCUT2D eigenvalue weighted by molar-refractivity contribution is 5.78. The zero-order valence-corrected chi connectivity index (χ0v) is 19.0. The van der Waals surface area contributed by atoms with E-state index in [1.807, 2.05) is 64.2 Å². The zero-order valence-electron chi connectivity index (χ0n) is 19.0. The molecule has 2 atom stereocenters. The number of Topliss-reactive ketones (excluding diaryl/α,β-unsaturated/α-hetero) is 1. The van der Waals surface area contributed by atoms with E-state index in [-0.39, 0.29) is 17.6 Å². The predicted molar refractivity (Wildman–Crippen MR) is 119 cm³/mol. The van der Waals surface area contributed by atoms with Crippen LogP contribution in [0.2, 0.25) is 0 Å². The Labute approximate surface area is 181 Å². The third-order valence-corrected chi connectivity index (χ3v) is 5.55. The molecular formula is C25H38O5. The van der Waals surface area contributed by atoms with Gasteiger partial charge in [0.1, 0.15) is 5.78 Å². The van der Waals surface area contributed by atoms with Crippen molar-refractivity contribution in [3.05, 3.63) is 48.6 Å². The van der Waals surface area contributed by atoms with E-state index < -0.39 is 11.6 Å². The van der Waals surface area contributed by atoms with Gasteiger partial charge in [0.25, 0.3) is 0 Å². The molecule has 2 aliphatic carbocycles. The number of ether oxygens (including phenoxy) is 4. The normalized spacial score (nSPS) is 23.7. The highest BCUT2D eigenvalue weighted by Crippen LogP contribution is 2.35. The Bertz CT molecular complexity index is 580. The molecule has 0 aromatic rings. The molecule has 2 rings (SSSR count). The highest BCUT2D eigenvalue weighted by Gasteiger charge is 2.39. The van der Waals surface area contributed by atoms with Crippen molar-refractivity contribution in [2.24, 2.45) is 11.8 Å². The third kappa shape index (κ3) is 6.24. The van der Waals surface area contributed by atoms with Crippen molar-refractivity contribution >= 4 is 5.78 Å². The molecule has 0 saturated carbocycles. The molecular weight excluding hydrogens is 380 g/mol. The summed E-state index contributed by atoms with van der Waals surface area (Å²) in [7, 11) is 0. The lowest BCUT2D eigenvalue weighted by atomic mass is 9.85. The predicted octanol–water partition coefficient (Wildman–Crippen LogP) is 5.14. The number of allylic oxidation sites excluding steroid dienone is 4. The number of hydrogen-bond donors (Lipinski definition) is 0. The van der Waals surface area contributed by atoms with E-state index >= 15 is 0 Å². The van der Waals surface area contributed by atoms with Gasteiger partial charge in [-0.05, 0) is 52.7 Å². The molecule has 0 aliphatic heterocycles. The molecule has 0 aromatic carbocycles. The first-order valence-electron chi connectivity index (χ1n) is 11.3. The Hall–Kier alpha value is -1.53. The van der Waals surface area contributed by atoms with Crippen LogP contribution in [-0.2, 0) is 23.7 Å². The number of hydrogen-bond acceptors (Lipinski definition) is 5. The Kier molecular flexibility index (Phi) is 10.2. The van der Waals surface area contributed by atoms with Gasteiger partial charge in [0.05, 0.1) is 0 Å². The topological polar surface area (TPSA) is 54.0 Å². The second kappa shape index (κ2) is 12.4. The number of carbonyl (C=O) groups is 1. The van der Waals surface area contributed by atoms with E-state index in [0.29, 0.717) is 52.1 Å². The van der Waals surface area contributed by atoms with E-state index in [9.17, 15) is 4.79 Å². The van der Waals surface area contributed by atoms with Crippen LogP contribution in [-0.4, -0.2) is 43.8 Å². The number of rotatable bonds is 14. The van der Waals surface area contributed by atoms with E-state index in [4.69, 9.17) is 18.9 Å². The largest absolute Gasteiger partial charge is 0.346 e. The van der Waals surface area contributed by atoms with Crippen molar-refractivity contribution in [2.75, 3.05) is 26.4 Å². The fourth-order valence-corrected chi connectivity index (χ4v) is 4.25. The molecule has 0 fully saturated rings. The summed E-state index contributed by atoms with van der Waals surface area (Å²) < 4.78 is 23.9. The van der Waals surface area contributed by atoms with Gasteiger partial charge >= 0.3 is 0 Å². The molecule has 5 heteroatoms. The number of carbonyl (C=O) groups excluding carboxylic acids is 1. The summed E-state index contributed by atoms with van der Waals surface area (Å²) in [5.41, 5.74) is 0. The van der Waals surface area contributed by atoms with E-state index in [0.717, 1.165) is 0 Å². The average molecular weight is 419 g/mol. The third-order valence-electron chi connectivity index (χ3n) is 5.55. The molecule has 0 spiro atoms. The lowest BCUT2D eigenvalue weighted by Gasteiger charge is -2.38. The van der Waals surface area contributed by atoms with Crippen molar-refractivity contribution in [3.8, 4) is 0 Å². The van der Waals surface area contributed by atoms with Crippen LogP contribution >= 0.6 is 0 Å². The van der Waals surface area contributed by atoms with E-state index in [1.165, 1.54) is 0 Å². The molecule has 5 nitrogen and oxygen atoms in total. The summed E-state index contributed by atoms with van der Waals surface area (Å²) in [6.07, 6.45) is 18.4. The SMILES string of the molecule is CCOC1(OCC)C=CC=CC1CCC(=O)CCC1C=CC=CC1(OCC)OCC. The molecule has 0 heterocycles. The standard InChI is InChI=1S/C25H38O5/c1-5-27-24(28-6-2)19-11-9-13-21(24)15-17-23(26)18-16-22-14-10-12-20-25(22,29-7-3)30-8-4/h9-14,19-22H,5-8,15-18H2,1-4H3. The highest BCUT2D eigenvalue weighted by atomic mass is 16.7. The fraction of sp³-hybridized carbons (Fsp3) is 0.640. The summed E-state index contributed by atoms with van der Waals surface area (Å²) in [4.78, 5) is 12.7. The maximum absolute atomic E-state index is 12.7. The van der Waals surface area contributed by atoms with Crippen molar-refractivity contribution in [1.29, 1.82) is 0 Å². The maximum Gasteiger partial charge on any atom is 0.194 e. The summed E-state index contributed by atoms with van der Waals surface area (Å²) in [6.45, 7) is 10.1. The molecule has 2 aliphatic rings. The Morgan fingerprint density at radius 3 is 1.37 bits per heavy atom. The van der Waals surface area contributed by atoms with Gasteiger partial charge in [0.2, 0.25) is 0 Å². The molecule has 0 saturated heterocycles. The first-order chi connectivity index (χ1) is 14.6. The van der Waals surface area contributed by atoms with Crippen LogP contribution in [0.15, 0.2) is 48.6 Å².